The Morgan fingerprint density at radius 3 is 2.59 bits per heavy atom. The predicted octanol–water partition coefficient (Wildman–Crippen LogP) is 1.15. The van der Waals surface area contributed by atoms with Gasteiger partial charge < -0.3 is 15.9 Å². The van der Waals surface area contributed by atoms with Gasteiger partial charge in [0.25, 0.3) is 5.69 Å². The number of thiol groups is 1. The van der Waals surface area contributed by atoms with Gasteiger partial charge in [-0.3, -0.25) is 10.1 Å². The molecule has 0 heterocycles. The van der Waals surface area contributed by atoms with Gasteiger partial charge in [-0.2, -0.15) is 12.6 Å². The summed E-state index contributed by atoms with van der Waals surface area (Å²) in [6.07, 6.45) is -2.52. The summed E-state index contributed by atoms with van der Waals surface area (Å²) in [6, 6.07) is 2.22. The highest BCUT2D eigenvalue weighted by atomic mass is 35.5. The first-order chi connectivity index (χ1) is 7.88. The van der Waals surface area contributed by atoms with Crippen molar-refractivity contribution in [1.29, 1.82) is 0 Å². The van der Waals surface area contributed by atoms with Crippen LogP contribution in [0.4, 0.5) is 11.4 Å². The number of hydrogen-bond acceptors (Lipinski definition) is 6. The molecule has 1 aromatic rings. The lowest BCUT2D eigenvalue weighted by molar-refractivity contribution is -0.384. The Bertz CT molecular complexity index is 443. The normalized spacial score (nSPS) is 14.4. The minimum Gasteiger partial charge on any atom is -0.393 e. The second-order valence-electron chi connectivity index (χ2n) is 3.38. The number of halogens is 1. The summed E-state index contributed by atoms with van der Waals surface area (Å²) < 4.78 is 0. The molecule has 4 N–H and O–H groups in total. The molecule has 0 aliphatic heterocycles. The van der Waals surface area contributed by atoms with E-state index in [9.17, 15) is 20.3 Å². The zero-order valence-corrected chi connectivity index (χ0v) is 10.2. The molecular formula is C9H11ClN2O4S. The molecule has 0 spiro atoms. The molecule has 94 valence electrons. The van der Waals surface area contributed by atoms with Crippen LogP contribution in [0.15, 0.2) is 12.1 Å². The SMILES string of the molecule is Nc1cc(Cl)c(C(O)C(O)CS)cc1[N+](=O)[O-]. The summed E-state index contributed by atoms with van der Waals surface area (Å²) in [5, 5.41) is 29.9. The summed E-state index contributed by atoms with van der Waals surface area (Å²) in [6.45, 7) is 0. The van der Waals surface area contributed by atoms with Crippen LogP contribution in [0.1, 0.15) is 11.7 Å². The fourth-order valence-electron chi connectivity index (χ4n) is 1.29. The first-order valence-electron chi connectivity index (χ1n) is 4.58. The van der Waals surface area contributed by atoms with Crippen LogP contribution in [0.3, 0.4) is 0 Å². The summed E-state index contributed by atoms with van der Waals surface area (Å²) in [5.41, 5.74) is 5.00. The minimum atomic E-state index is -1.35. The summed E-state index contributed by atoms with van der Waals surface area (Å²) in [4.78, 5) is 9.98. The van der Waals surface area contributed by atoms with E-state index in [2.05, 4.69) is 12.6 Å². The van der Waals surface area contributed by atoms with Crippen LogP contribution < -0.4 is 5.73 Å². The Kier molecular flexibility index (Phi) is 4.58. The van der Waals surface area contributed by atoms with E-state index in [1.807, 2.05) is 0 Å². The number of nitrogens with two attached hydrogens (primary N) is 1. The van der Waals surface area contributed by atoms with Crippen LogP contribution in [0, 0.1) is 10.1 Å². The largest absolute Gasteiger partial charge is 0.393 e. The fourth-order valence-corrected chi connectivity index (χ4v) is 1.77. The van der Waals surface area contributed by atoms with E-state index in [-0.39, 0.29) is 27.7 Å². The summed E-state index contributed by atoms with van der Waals surface area (Å²) in [7, 11) is 0. The zero-order valence-electron chi connectivity index (χ0n) is 8.58. The monoisotopic (exact) mass is 278 g/mol. The van der Waals surface area contributed by atoms with Gasteiger partial charge in [-0.15, -0.1) is 0 Å². The number of benzene rings is 1. The Labute approximate surface area is 108 Å². The molecule has 0 aliphatic carbocycles. The van der Waals surface area contributed by atoms with E-state index in [0.717, 1.165) is 6.07 Å². The lowest BCUT2D eigenvalue weighted by Crippen LogP contribution is -2.20. The number of hydrogen-bond donors (Lipinski definition) is 4. The number of aliphatic hydroxyl groups excluding tert-OH is 2. The van der Waals surface area contributed by atoms with Gasteiger partial charge in [0.1, 0.15) is 11.8 Å². The summed E-state index contributed by atoms with van der Waals surface area (Å²) in [5.74, 6) is -0.00430. The molecular weight excluding hydrogens is 268 g/mol. The third-order valence-electron chi connectivity index (χ3n) is 2.21. The molecule has 0 saturated heterocycles. The standard InChI is InChI=1S/C9H11ClN2O4S/c10-5-2-6(11)7(12(15)16)1-4(5)9(14)8(13)3-17/h1-2,8-9,13-14,17H,3,11H2. The number of nitrogen functional groups attached to an aromatic ring is 1. The van der Waals surface area contributed by atoms with Gasteiger partial charge in [-0.25, -0.2) is 0 Å². The van der Waals surface area contributed by atoms with Gasteiger partial charge >= 0.3 is 0 Å². The molecule has 8 heteroatoms. The van der Waals surface area contributed by atoms with E-state index in [1.54, 1.807) is 0 Å². The van der Waals surface area contributed by atoms with Crippen molar-refractivity contribution in [3.05, 3.63) is 32.8 Å². The van der Waals surface area contributed by atoms with E-state index in [1.165, 1.54) is 6.07 Å². The number of rotatable bonds is 4. The van der Waals surface area contributed by atoms with Crippen LogP contribution >= 0.6 is 24.2 Å². The quantitative estimate of drug-likeness (QED) is 0.286. The predicted molar refractivity (Wildman–Crippen MR) is 67.3 cm³/mol. The molecule has 17 heavy (non-hydrogen) atoms. The summed E-state index contributed by atoms with van der Waals surface area (Å²) >= 11 is 9.62. The second kappa shape index (κ2) is 5.54. The van der Waals surface area contributed by atoms with Crippen molar-refractivity contribution >= 4 is 35.6 Å². The lowest BCUT2D eigenvalue weighted by Gasteiger charge is -2.17. The molecule has 0 aromatic heterocycles. The molecule has 1 rings (SSSR count). The maximum atomic E-state index is 10.7. The van der Waals surface area contributed by atoms with E-state index < -0.39 is 17.1 Å². The van der Waals surface area contributed by atoms with Gasteiger partial charge in [0.15, 0.2) is 0 Å². The number of nitro groups is 1. The Morgan fingerprint density at radius 1 is 1.53 bits per heavy atom. The molecule has 0 bridgehead atoms. The average molecular weight is 279 g/mol. The third kappa shape index (κ3) is 3.01. The van der Waals surface area contributed by atoms with Crippen molar-refractivity contribution in [3.8, 4) is 0 Å². The number of anilines is 1. The van der Waals surface area contributed by atoms with E-state index in [4.69, 9.17) is 17.3 Å². The van der Waals surface area contributed by atoms with E-state index in [0.29, 0.717) is 0 Å². The molecule has 2 atom stereocenters. The van der Waals surface area contributed by atoms with Gasteiger partial charge in [-0.1, -0.05) is 11.6 Å². The molecule has 2 unspecified atom stereocenters. The van der Waals surface area contributed by atoms with Crippen molar-refractivity contribution < 1.29 is 15.1 Å². The van der Waals surface area contributed by atoms with Gasteiger partial charge in [0, 0.05) is 22.4 Å². The molecule has 0 amide bonds. The second-order valence-corrected chi connectivity index (χ2v) is 4.16. The number of nitro benzene ring substituents is 1. The molecule has 1 aromatic carbocycles. The van der Waals surface area contributed by atoms with Crippen molar-refractivity contribution in [2.45, 2.75) is 12.2 Å². The van der Waals surface area contributed by atoms with E-state index >= 15 is 0 Å². The Hall–Kier alpha value is -1.02. The van der Waals surface area contributed by atoms with Gasteiger partial charge in [0.2, 0.25) is 0 Å². The van der Waals surface area contributed by atoms with Crippen LogP contribution in [0.2, 0.25) is 5.02 Å². The minimum absolute atomic E-state index is 0.00430. The Morgan fingerprint density at radius 2 is 2.12 bits per heavy atom. The fraction of sp³-hybridized carbons (Fsp3) is 0.333. The molecule has 0 aliphatic rings. The van der Waals surface area contributed by atoms with Gasteiger partial charge in [0.05, 0.1) is 11.0 Å². The van der Waals surface area contributed by atoms with Crippen LogP contribution in [-0.4, -0.2) is 27.0 Å². The van der Waals surface area contributed by atoms with Gasteiger partial charge in [-0.05, 0) is 6.07 Å². The smallest absolute Gasteiger partial charge is 0.292 e. The highest BCUT2D eigenvalue weighted by Gasteiger charge is 2.24. The topological polar surface area (TPSA) is 110 Å². The van der Waals surface area contributed by atoms with Crippen LogP contribution in [0.25, 0.3) is 0 Å². The number of nitrogens with zero attached hydrogens (tertiary/aromatic N) is 1. The molecule has 0 fully saturated rings. The van der Waals surface area contributed by atoms with Crippen molar-refractivity contribution in [2.24, 2.45) is 0 Å². The van der Waals surface area contributed by atoms with Crippen molar-refractivity contribution in [1.82, 2.24) is 0 Å². The molecule has 0 radical (unpaired) electrons. The average Bonchev–Trinajstić information content (AvgIpc) is 2.26. The maximum Gasteiger partial charge on any atom is 0.292 e. The number of aliphatic hydroxyl groups is 2. The molecule has 6 nitrogen and oxygen atoms in total. The lowest BCUT2D eigenvalue weighted by atomic mass is 10.0. The first-order valence-corrected chi connectivity index (χ1v) is 5.59. The van der Waals surface area contributed by atoms with Crippen LogP contribution in [0.5, 0.6) is 0 Å². The Balaban J connectivity index is 3.24. The highest BCUT2D eigenvalue weighted by molar-refractivity contribution is 7.80. The highest BCUT2D eigenvalue weighted by Crippen LogP contribution is 2.33. The third-order valence-corrected chi connectivity index (χ3v) is 2.91. The van der Waals surface area contributed by atoms with Crippen molar-refractivity contribution in [2.75, 3.05) is 11.5 Å². The maximum absolute atomic E-state index is 10.7. The first kappa shape index (κ1) is 14.0. The van der Waals surface area contributed by atoms with Crippen LogP contribution in [-0.2, 0) is 0 Å². The zero-order chi connectivity index (χ0) is 13.2. The van der Waals surface area contributed by atoms with Crippen molar-refractivity contribution in [3.63, 3.8) is 0 Å². The molecule has 0 saturated carbocycles.